The maximum atomic E-state index is 12.4. The number of hydrogen-bond donors (Lipinski definition) is 0. The first-order chi connectivity index (χ1) is 12.8. The van der Waals surface area contributed by atoms with Gasteiger partial charge < -0.3 is 4.42 Å². The maximum absolute atomic E-state index is 12.4. The SMILES string of the molecule is CC1=C(C#N)C(=O)N(C)C(=O)C1=Cc1ccc(-c2ccc([N+](=O)[O-])cc2)o1. The lowest BCUT2D eigenvalue weighted by molar-refractivity contribution is -0.384. The van der Waals surface area contributed by atoms with Gasteiger partial charge in [0, 0.05) is 30.3 Å². The first-order valence-corrected chi connectivity index (χ1v) is 7.83. The molecular formula is C19H13N3O5. The highest BCUT2D eigenvalue weighted by atomic mass is 16.6. The van der Waals surface area contributed by atoms with Crippen LogP contribution in [0.5, 0.6) is 0 Å². The van der Waals surface area contributed by atoms with Gasteiger partial charge in [0.25, 0.3) is 17.5 Å². The van der Waals surface area contributed by atoms with Gasteiger partial charge in [-0.1, -0.05) is 0 Å². The number of benzene rings is 1. The summed E-state index contributed by atoms with van der Waals surface area (Å²) in [5.41, 5.74) is 0.998. The zero-order chi connectivity index (χ0) is 19.7. The summed E-state index contributed by atoms with van der Waals surface area (Å²) in [6.45, 7) is 1.54. The predicted molar refractivity (Wildman–Crippen MR) is 94.9 cm³/mol. The summed E-state index contributed by atoms with van der Waals surface area (Å²) in [5, 5.41) is 19.9. The highest BCUT2D eigenvalue weighted by Crippen LogP contribution is 2.29. The van der Waals surface area contributed by atoms with Gasteiger partial charge in [-0.3, -0.25) is 24.6 Å². The fourth-order valence-corrected chi connectivity index (χ4v) is 2.67. The number of likely N-dealkylation sites (N-methyl/N-ethyl adjacent to an activating group) is 1. The van der Waals surface area contributed by atoms with Crippen molar-refractivity contribution in [2.75, 3.05) is 7.05 Å². The maximum Gasteiger partial charge on any atom is 0.271 e. The Morgan fingerprint density at radius 2 is 1.81 bits per heavy atom. The average molecular weight is 363 g/mol. The van der Waals surface area contributed by atoms with Crippen LogP contribution in [0.3, 0.4) is 0 Å². The van der Waals surface area contributed by atoms with Gasteiger partial charge in [-0.25, -0.2) is 0 Å². The number of rotatable bonds is 3. The van der Waals surface area contributed by atoms with Crippen LogP contribution < -0.4 is 0 Å². The quantitative estimate of drug-likeness (QED) is 0.358. The highest BCUT2D eigenvalue weighted by molar-refractivity contribution is 6.19. The summed E-state index contributed by atoms with van der Waals surface area (Å²) in [4.78, 5) is 35.5. The number of nitriles is 1. The minimum absolute atomic E-state index is 0.0297. The largest absolute Gasteiger partial charge is 0.457 e. The second-order valence-corrected chi connectivity index (χ2v) is 5.85. The third kappa shape index (κ3) is 3.14. The molecule has 27 heavy (non-hydrogen) atoms. The average Bonchev–Trinajstić information content (AvgIpc) is 3.13. The molecule has 1 aliphatic rings. The molecule has 2 amide bonds. The summed E-state index contributed by atoms with van der Waals surface area (Å²) >= 11 is 0. The van der Waals surface area contributed by atoms with Gasteiger partial charge in [0.15, 0.2) is 0 Å². The van der Waals surface area contributed by atoms with E-state index in [1.54, 1.807) is 24.3 Å². The van der Waals surface area contributed by atoms with Crippen LogP contribution in [0.1, 0.15) is 12.7 Å². The van der Waals surface area contributed by atoms with Gasteiger partial charge >= 0.3 is 0 Å². The normalized spacial score (nSPS) is 16.0. The van der Waals surface area contributed by atoms with Crippen molar-refractivity contribution in [1.82, 2.24) is 4.90 Å². The molecule has 0 saturated carbocycles. The molecule has 8 nitrogen and oxygen atoms in total. The number of furan rings is 1. The van der Waals surface area contributed by atoms with Crippen molar-refractivity contribution in [2.45, 2.75) is 6.92 Å². The lowest BCUT2D eigenvalue weighted by Gasteiger charge is -2.23. The number of amides is 2. The minimum Gasteiger partial charge on any atom is -0.457 e. The lowest BCUT2D eigenvalue weighted by atomic mass is 9.95. The number of hydrogen-bond acceptors (Lipinski definition) is 6. The van der Waals surface area contributed by atoms with Gasteiger partial charge in [0.05, 0.1) is 4.92 Å². The van der Waals surface area contributed by atoms with Crippen LogP contribution in [-0.2, 0) is 9.59 Å². The van der Waals surface area contributed by atoms with E-state index in [-0.39, 0.29) is 16.8 Å². The van der Waals surface area contributed by atoms with Crippen LogP contribution in [0.2, 0.25) is 0 Å². The second-order valence-electron chi connectivity index (χ2n) is 5.85. The molecule has 1 aromatic carbocycles. The number of nitrogens with zero attached hydrogens (tertiary/aromatic N) is 3. The van der Waals surface area contributed by atoms with Gasteiger partial charge in [0.2, 0.25) is 0 Å². The van der Waals surface area contributed by atoms with Crippen LogP contribution >= 0.6 is 0 Å². The molecule has 0 saturated heterocycles. The Morgan fingerprint density at radius 3 is 2.41 bits per heavy atom. The first kappa shape index (κ1) is 17.8. The topological polar surface area (TPSA) is 117 Å². The Labute approximate surface area is 153 Å². The van der Waals surface area contributed by atoms with Gasteiger partial charge in [-0.15, -0.1) is 0 Å². The third-order valence-corrected chi connectivity index (χ3v) is 4.22. The molecule has 134 valence electrons. The van der Waals surface area contributed by atoms with E-state index in [4.69, 9.17) is 9.68 Å². The molecule has 0 radical (unpaired) electrons. The molecule has 0 fully saturated rings. The number of carbonyl (C=O) groups excluding carboxylic acids is 2. The van der Waals surface area contributed by atoms with Crippen molar-refractivity contribution in [2.24, 2.45) is 0 Å². The van der Waals surface area contributed by atoms with E-state index >= 15 is 0 Å². The van der Waals surface area contributed by atoms with Crippen molar-refractivity contribution in [3.8, 4) is 17.4 Å². The molecule has 2 heterocycles. The fraction of sp³-hybridized carbons (Fsp3) is 0.105. The molecule has 1 aromatic heterocycles. The Morgan fingerprint density at radius 1 is 1.15 bits per heavy atom. The number of non-ortho nitro benzene ring substituents is 1. The summed E-state index contributed by atoms with van der Waals surface area (Å²) < 4.78 is 5.69. The third-order valence-electron chi connectivity index (χ3n) is 4.22. The Kier molecular flexibility index (Phi) is 4.44. The smallest absolute Gasteiger partial charge is 0.271 e. The van der Waals surface area contributed by atoms with Gasteiger partial charge in [0.1, 0.15) is 23.2 Å². The van der Waals surface area contributed by atoms with Crippen LogP contribution in [-0.4, -0.2) is 28.7 Å². The van der Waals surface area contributed by atoms with E-state index in [2.05, 4.69) is 0 Å². The zero-order valence-electron chi connectivity index (χ0n) is 14.4. The summed E-state index contributed by atoms with van der Waals surface area (Å²) in [6, 6.07) is 11.0. The van der Waals surface area contributed by atoms with E-state index in [0.29, 0.717) is 22.7 Å². The molecule has 0 unspecified atom stereocenters. The Hall–Kier alpha value is -3.99. The lowest BCUT2D eigenvalue weighted by Crippen LogP contribution is -2.39. The van der Waals surface area contributed by atoms with E-state index < -0.39 is 16.7 Å². The van der Waals surface area contributed by atoms with E-state index in [9.17, 15) is 19.7 Å². The zero-order valence-corrected chi connectivity index (χ0v) is 14.4. The molecule has 1 aliphatic heterocycles. The minimum atomic E-state index is -0.636. The summed E-state index contributed by atoms with van der Waals surface area (Å²) in [7, 11) is 1.31. The standard InChI is InChI=1S/C19H13N3O5/c1-11-15(18(23)21(2)19(24)16(11)10-20)9-14-7-8-17(27-14)12-3-5-13(6-4-12)22(25)26/h3-9H,1-2H3. The van der Waals surface area contributed by atoms with E-state index in [1.807, 2.05) is 6.07 Å². The molecule has 0 N–H and O–H groups in total. The van der Waals surface area contributed by atoms with Crippen LogP contribution in [0, 0.1) is 21.4 Å². The van der Waals surface area contributed by atoms with E-state index in [1.165, 1.54) is 32.2 Å². The van der Waals surface area contributed by atoms with Crippen molar-refractivity contribution < 1.29 is 18.9 Å². The molecule has 0 spiro atoms. The second kappa shape index (κ2) is 6.72. The fourth-order valence-electron chi connectivity index (χ4n) is 2.67. The molecular weight excluding hydrogens is 350 g/mol. The van der Waals surface area contributed by atoms with Gasteiger partial charge in [-0.05, 0) is 42.8 Å². The molecule has 0 bridgehead atoms. The summed E-state index contributed by atoms with van der Waals surface area (Å²) in [5.74, 6) is -0.342. The molecule has 2 aromatic rings. The highest BCUT2D eigenvalue weighted by Gasteiger charge is 2.33. The Balaban J connectivity index is 1.98. The molecule has 3 rings (SSSR count). The molecule has 0 atom stereocenters. The number of nitro groups is 1. The first-order valence-electron chi connectivity index (χ1n) is 7.83. The van der Waals surface area contributed by atoms with Crippen molar-refractivity contribution >= 4 is 23.6 Å². The molecule has 8 heteroatoms. The van der Waals surface area contributed by atoms with Crippen LogP contribution in [0.25, 0.3) is 17.4 Å². The van der Waals surface area contributed by atoms with Crippen molar-refractivity contribution in [3.63, 3.8) is 0 Å². The van der Waals surface area contributed by atoms with Crippen molar-refractivity contribution in [1.29, 1.82) is 5.26 Å². The number of carbonyl (C=O) groups is 2. The predicted octanol–water partition coefficient (Wildman–Crippen LogP) is 3.08. The van der Waals surface area contributed by atoms with Crippen LogP contribution in [0.15, 0.2) is 57.5 Å². The molecule has 0 aliphatic carbocycles. The number of imide groups is 1. The van der Waals surface area contributed by atoms with E-state index in [0.717, 1.165) is 4.90 Å². The van der Waals surface area contributed by atoms with Crippen LogP contribution in [0.4, 0.5) is 5.69 Å². The monoisotopic (exact) mass is 363 g/mol. The number of nitro benzene ring substituents is 1. The van der Waals surface area contributed by atoms with Gasteiger partial charge in [-0.2, -0.15) is 5.26 Å². The Bertz CT molecular complexity index is 1070. The van der Waals surface area contributed by atoms with Crippen molar-refractivity contribution in [3.05, 3.63) is 69.0 Å². The summed E-state index contributed by atoms with van der Waals surface area (Å²) in [6.07, 6.45) is 1.47.